The number of carbonyl (C=O) groups is 1. The first-order valence-corrected chi connectivity index (χ1v) is 5.94. The van der Waals surface area contributed by atoms with Crippen LogP contribution in [-0.2, 0) is 9.67 Å². The van der Waals surface area contributed by atoms with Crippen molar-refractivity contribution in [3.63, 3.8) is 0 Å². The van der Waals surface area contributed by atoms with Crippen molar-refractivity contribution in [1.82, 2.24) is 5.32 Å². The zero-order chi connectivity index (χ0) is 10.2. The minimum Gasteiger partial charge on any atom is -0.291 e. The van der Waals surface area contributed by atoms with Crippen LogP contribution in [0.4, 0.5) is 0 Å². The minimum absolute atomic E-state index is 0.204. The number of nitrogens with one attached hydrogen (secondary N) is 1. The van der Waals surface area contributed by atoms with E-state index in [1.165, 1.54) is 11.8 Å². The van der Waals surface area contributed by atoms with Crippen LogP contribution >= 0.6 is 27.7 Å². The Morgan fingerprint density at radius 1 is 1.43 bits per heavy atom. The number of halogens is 1. The van der Waals surface area contributed by atoms with E-state index in [0.717, 1.165) is 10.0 Å². The summed E-state index contributed by atoms with van der Waals surface area (Å²) in [7, 11) is 0. The molecular weight excluding hydrogens is 262 g/mol. The number of hydrogen-bond donors (Lipinski definition) is 1. The number of hydrogen-bond acceptors (Lipinski definition) is 3. The second kappa shape index (κ2) is 3.68. The van der Waals surface area contributed by atoms with Gasteiger partial charge in [-0.25, -0.2) is 0 Å². The van der Waals surface area contributed by atoms with Gasteiger partial charge in [-0.1, -0.05) is 39.8 Å². The molecule has 1 fully saturated rings. The van der Waals surface area contributed by atoms with Gasteiger partial charge in [-0.15, -0.1) is 0 Å². The van der Waals surface area contributed by atoms with Crippen molar-refractivity contribution in [1.29, 1.82) is 0 Å². The molecular formula is C10H10BrNOS. The van der Waals surface area contributed by atoms with Crippen molar-refractivity contribution in [3.05, 3.63) is 34.3 Å². The van der Waals surface area contributed by atoms with Gasteiger partial charge in [-0.2, -0.15) is 0 Å². The summed E-state index contributed by atoms with van der Waals surface area (Å²) >= 11 is 4.75. The summed E-state index contributed by atoms with van der Waals surface area (Å²) in [5, 5.41) is 3.42. The van der Waals surface area contributed by atoms with Gasteiger partial charge in [-0.05, 0) is 24.6 Å². The monoisotopic (exact) mass is 271 g/mol. The molecule has 4 heteroatoms. The summed E-state index contributed by atoms with van der Waals surface area (Å²) in [5.41, 5.74) is 1.14. The van der Waals surface area contributed by atoms with Crippen molar-refractivity contribution in [3.8, 4) is 0 Å². The Labute approximate surface area is 95.6 Å². The van der Waals surface area contributed by atoms with E-state index in [-0.39, 0.29) is 9.99 Å². The molecule has 2 nitrogen and oxygen atoms in total. The molecule has 0 aromatic heterocycles. The molecule has 1 unspecified atom stereocenters. The zero-order valence-electron chi connectivity index (χ0n) is 7.71. The van der Waals surface area contributed by atoms with Crippen molar-refractivity contribution in [2.75, 3.05) is 6.54 Å². The lowest BCUT2D eigenvalue weighted by Gasteiger charge is -2.22. The average Bonchev–Trinajstić information content (AvgIpc) is 2.48. The van der Waals surface area contributed by atoms with Crippen molar-refractivity contribution < 1.29 is 4.79 Å². The second-order valence-electron chi connectivity index (χ2n) is 3.37. The molecule has 2 rings (SSSR count). The number of rotatable bonds is 1. The van der Waals surface area contributed by atoms with E-state index >= 15 is 0 Å². The number of carbonyl (C=O) groups excluding carboxylic acids is 1. The summed E-state index contributed by atoms with van der Waals surface area (Å²) < 4.78 is 1.05. The fourth-order valence-corrected chi connectivity index (χ4v) is 2.73. The first kappa shape index (κ1) is 10.2. The summed E-state index contributed by atoms with van der Waals surface area (Å²) in [6.07, 6.45) is 0. The average molecular weight is 272 g/mol. The standard InChI is InChI=1S/C10H10BrNOS/c1-10(12-6-9(13)14-10)7-2-4-8(11)5-3-7/h2-5,12H,6H2,1H3. The van der Waals surface area contributed by atoms with Crippen molar-refractivity contribution >= 4 is 32.8 Å². The number of benzene rings is 1. The number of thioether (sulfide) groups is 1. The summed E-state index contributed by atoms with van der Waals surface area (Å²) in [5.74, 6) is 0. The third-order valence-corrected chi connectivity index (χ3v) is 3.97. The van der Waals surface area contributed by atoms with Gasteiger partial charge in [0.25, 0.3) is 0 Å². The summed E-state index contributed by atoms with van der Waals surface area (Å²) in [4.78, 5) is 10.9. The Balaban J connectivity index is 2.30. The third-order valence-electron chi connectivity index (χ3n) is 2.28. The van der Waals surface area contributed by atoms with Gasteiger partial charge in [0.05, 0.1) is 11.4 Å². The fourth-order valence-electron chi connectivity index (χ4n) is 1.47. The SMILES string of the molecule is CC1(c2ccc(Br)cc2)NCC(=O)S1. The molecule has 74 valence electrons. The smallest absolute Gasteiger partial charge is 0.204 e. The van der Waals surface area contributed by atoms with Crippen LogP contribution in [0.2, 0.25) is 0 Å². The highest BCUT2D eigenvalue weighted by Gasteiger charge is 2.35. The molecule has 0 amide bonds. The zero-order valence-corrected chi connectivity index (χ0v) is 10.1. The van der Waals surface area contributed by atoms with E-state index in [9.17, 15) is 4.79 Å². The van der Waals surface area contributed by atoms with Gasteiger partial charge in [0.15, 0.2) is 0 Å². The van der Waals surface area contributed by atoms with E-state index in [4.69, 9.17) is 0 Å². The Hall–Kier alpha value is -0.320. The quantitative estimate of drug-likeness (QED) is 0.851. The van der Waals surface area contributed by atoms with E-state index in [0.29, 0.717) is 6.54 Å². The van der Waals surface area contributed by atoms with Gasteiger partial charge in [0.1, 0.15) is 0 Å². The maximum absolute atomic E-state index is 11.2. The molecule has 1 aromatic rings. The topological polar surface area (TPSA) is 29.1 Å². The van der Waals surface area contributed by atoms with Crippen LogP contribution in [0.25, 0.3) is 0 Å². The van der Waals surface area contributed by atoms with Crippen molar-refractivity contribution in [2.24, 2.45) is 0 Å². The van der Waals surface area contributed by atoms with Crippen LogP contribution in [0.5, 0.6) is 0 Å². The van der Waals surface area contributed by atoms with Crippen LogP contribution in [0, 0.1) is 0 Å². The maximum Gasteiger partial charge on any atom is 0.204 e. The molecule has 14 heavy (non-hydrogen) atoms. The van der Waals surface area contributed by atoms with E-state index < -0.39 is 0 Å². The van der Waals surface area contributed by atoms with Crippen LogP contribution < -0.4 is 5.32 Å². The Morgan fingerprint density at radius 2 is 2.07 bits per heavy atom. The van der Waals surface area contributed by atoms with E-state index in [1.807, 2.05) is 31.2 Å². The Bertz CT molecular complexity index is 365. The fraction of sp³-hybridized carbons (Fsp3) is 0.300. The summed E-state index contributed by atoms with van der Waals surface area (Å²) in [6, 6.07) is 8.04. The first-order valence-electron chi connectivity index (χ1n) is 4.33. The first-order chi connectivity index (χ1) is 6.60. The van der Waals surface area contributed by atoms with E-state index in [1.54, 1.807) is 0 Å². The molecule has 0 saturated carbocycles. The molecule has 0 spiro atoms. The second-order valence-corrected chi connectivity index (χ2v) is 5.76. The summed E-state index contributed by atoms with van der Waals surface area (Å²) in [6.45, 7) is 2.49. The molecule has 0 aliphatic carbocycles. The highest BCUT2D eigenvalue weighted by atomic mass is 79.9. The van der Waals surface area contributed by atoms with Crippen molar-refractivity contribution in [2.45, 2.75) is 11.8 Å². The van der Waals surface area contributed by atoms with Gasteiger partial charge in [0, 0.05) is 4.47 Å². The predicted octanol–water partition coefficient (Wildman–Crippen LogP) is 2.48. The van der Waals surface area contributed by atoms with Crippen LogP contribution in [0.15, 0.2) is 28.7 Å². The van der Waals surface area contributed by atoms with Crippen LogP contribution in [0.3, 0.4) is 0 Å². The molecule has 1 N–H and O–H groups in total. The molecule has 1 saturated heterocycles. The highest BCUT2D eigenvalue weighted by molar-refractivity contribution is 9.10. The Morgan fingerprint density at radius 3 is 2.57 bits per heavy atom. The predicted molar refractivity (Wildman–Crippen MR) is 62.1 cm³/mol. The highest BCUT2D eigenvalue weighted by Crippen LogP contribution is 2.37. The van der Waals surface area contributed by atoms with Gasteiger partial charge < -0.3 is 0 Å². The maximum atomic E-state index is 11.2. The van der Waals surface area contributed by atoms with Gasteiger partial charge in [-0.3, -0.25) is 10.1 Å². The van der Waals surface area contributed by atoms with Crippen LogP contribution in [0.1, 0.15) is 12.5 Å². The molecule has 1 aromatic carbocycles. The molecule has 1 aliphatic heterocycles. The normalized spacial score (nSPS) is 26.9. The lowest BCUT2D eigenvalue weighted by atomic mass is 10.1. The molecule has 1 aliphatic rings. The minimum atomic E-state index is -0.252. The lowest BCUT2D eigenvalue weighted by Crippen LogP contribution is -2.30. The molecule has 1 heterocycles. The van der Waals surface area contributed by atoms with E-state index in [2.05, 4.69) is 21.2 Å². The lowest BCUT2D eigenvalue weighted by molar-refractivity contribution is -0.109. The Kier molecular flexibility index (Phi) is 2.68. The van der Waals surface area contributed by atoms with Gasteiger partial charge >= 0.3 is 0 Å². The molecule has 0 bridgehead atoms. The third kappa shape index (κ3) is 1.87. The largest absolute Gasteiger partial charge is 0.291 e. The van der Waals surface area contributed by atoms with Crippen LogP contribution in [-0.4, -0.2) is 11.7 Å². The van der Waals surface area contributed by atoms with Gasteiger partial charge in [0.2, 0.25) is 5.12 Å². The molecule has 0 radical (unpaired) electrons. The molecule has 1 atom stereocenters.